The van der Waals surface area contributed by atoms with E-state index in [1.54, 1.807) is 6.07 Å². The minimum absolute atomic E-state index is 0.276. The van der Waals surface area contributed by atoms with Gasteiger partial charge in [-0.1, -0.05) is 45.6 Å². The van der Waals surface area contributed by atoms with Gasteiger partial charge in [-0.05, 0) is 25.0 Å². The highest BCUT2D eigenvalue weighted by atomic mass is 79.9. The summed E-state index contributed by atoms with van der Waals surface area (Å²) in [5, 5.41) is 4.91. The molecule has 0 saturated heterocycles. The number of nitrogens with two attached hydrogens (primary N) is 1. The van der Waals surface area contributed by atoms with E-state index in [4.69, 9.17) is 28.9 Å². The highest BCUT2D eigenvalue weighted by Gasteiger charge is 2.13. The molecule has 1 aromatic rings. The standard InChI is InChI=1S/C12H15BrCl2N2O/c13-4-2-1-3-5-17-10-7-8(14)6-9(15)11(10)12(16)18/h6-7,17H,1-5H2,(H2,16,18). The van der Waals surface area contributed by atoms with Crippen molar-refractivity contribution in [1.29, 1.82) is 0 Å². The summed E-state index contributed by atoms with van der Waals surface area (Å²) in [6.07, 6.45) is 3.24. The maximum atomic E-state index is 11.3. The molecule has 0 aliphatic heterocycles. The molecule has 6 heteroatoms. The van der Waals surface area contributed by atoms with E-state index in [1.807, 2.05) is 0 Å². The molecule has 3 nitrogen and oxygen atoms in total. The molecule has 3 N–H and O–H groups in total. The van der Waals surface area contributed by atoms with Gasteiger partial charge >= 0.3 is 0 Å². The molecule has 0 heterocycles. The molecule has 18 heavy (non-hydrogen) atoms. The second kappa shape index (κ2) is 7.87. The summed E-state index contributed by atoms with van der Waals surface area (Å²) < 4.78 is 0. The Morgan fingerprint density at radius 2 is 2.00 bits per heavy atom. The van der Waals surface area contributed by atoms with Crippen LogP contribution in [0.3, 0.4) is 0 Å². The number of halogens is 3. The summed E-state index contributed by atoms with van der Waals surface area (Å²) >= 11 is 15.2. The number of amides is 1. The zero-order valence-electron chi connectivity index (χ0n) is 9.81. The first-order valence-electron chi connectivity index (χ1n) is 5.65. The molecule has 0 saturated carbocycles. The number of anilines is 1. The third kappa shape index (κ3) is 4.67. The summed E-state index contributed by atoms with van der Waals surface area (Å²) in [5.41, 5.74) is 6.19. The van der Waals surface area contributed by atoms with Crippen molar-refractivity contribution < 1.29 is 4.79 Å². The number of alkyl halides is 1. The predicted octanol–water partition coefficient (Wildman–Crippen LogP) is 4.07. The van der Waals surface area contributed by atoms with E-state index in [2.05, 4.69) is 21.2 Å². The van der Waals surface area contributed by atoms with Gasteiger partial charge in [-0.2, -0.15) is 0 Å². The van der Waals surface area contributed by atoms with E-state index >= 15 is 0 Å². The van der Waals surface area contributed by atoms with E-state index in [9.17, 15) is 4.79 Å². The van der Waals surface area contributed by atoms with E-state index in [1.165, 1.54) is 6.07 Å². The van der Waals surface area contributed by atoms with Crippen molar-refractivity contribution in [3.63, 3.8) is 0 Å². The maximum absolute atomic E-state index is 11.3. The normalized spacial score (nSPS) is 10.4. The van der Waals surface area contributed by atoms with E-state index in [0.717, 1.165) is 31.1 Å². The van der Waals surface area contributed by atoms with Gasteiger partial charge in [0.25, 0.3) is 5.91 Å². The minimum Gasteiger partial charge on any atom is -0.384 e. The molecular weight excluding hydrogens is 339 g/mol. The molecule has 0 aliphatic carbocycles. The Morgan fingerprint density at radius 3 is 2.61 bits per heavy atom. The molecule has 0 radical (unpaired) electrons. The molecule has 0 spiro atoms. The van der Waals surface area contributed by atoms with Crippen LogP contribution in [0.1, 0.15) is 29.6 Å². The van der Waals surface area contributed by atoms with Gasteiger partial charge in [0.1, 0.15) is 0 Å². The molecule has 0 aliphatic rings. The van der Waals surface area contributed by atoms with Gasteiger partial charge in [0, 0.05) is 22.6 Å². The zero-order chi connectivity index (χ0) is 13.5. The minimum atomic E-state index is -0.556. The summed E-state index contributed by atoms with van der Waals surface area (Å²) in [6, 6.07) is 3.18. The van der Waals surface area contributed by atoms with Gasteiger partial charge in [0.15, 0.2) is 0 Å². The lowest BCUT2D eigenvalue weighted by atomic mass is 10.1. The number of carbonyl (C=O) groups is 1. The molecule has 0 fully saturated rings. The average Bonchev–Trinajstić information content (AvgIpc) is 2.27. The van der Waals surface area contributed by atoms with Crippen LogP contribution in [0.15, 0.2) is 12.1 Å². The fourth-order valence-corrected chi connectivity index (χ4v) is 2.57. The van der Waals surface area contributed by atoms with Crippen molar-refractivity contribution in [3.05, 3.63) is 27.7 Å². The van der Waals surface area contributed by atoms with Crippen LogP contribution in [-0.2, 0) is 0 Å². The quantitative estimate of drug-likeness (QED) is 0.573. The first-order chi connectivity index (χ1) is 8.56. The van der Waals surface area contributed by atoms with Gasteiger partial charge in [-0.3, -0.25) is 4.79 Å². The molecule has 1 aromatic carbocycles. The third-order valence-corrected chi connectivity index (χ3v) is 3.50. The van der Waals surface area contributed by atoms with Gasteiger partial charge in [0.05, 0.1) is 10.6 Å². The highest BCUT2D eigenvalue weighted by Crippen LogP contribution is 2.28. The lowest BCUT2D eigenvalue weighted by Gasteiger charge is -2.12. The number of rotatable bonds is 7. The largest absolute Gasteiger partial charge is 0.384 e. The van der Waals surface area contributed by atoms with Crippen LogP contribution in [0.2, 0.25) is 10.0 Å². The Kier molecular flexibility index (Phi) is 6.82. The van der Waals surface area contributed by atoms with Crippen LogP contribution in [0.4, 0.5) is 5.69 Å². The number of hydrogen-bond acceptors (Lipinski definition) is 2. The fraction of sp³-hybridized carbons (Fsp3) is 0.417. The van der Waals surface area contributed by atoms with Crippen LogP contribution in [0.5, 0.6) is 0 Å². The van der Waals surface area contributed by atoms with Crippen molar-refractivity contribution in [2.24, 2.45) is 5.73 Å². The van der Waals surface area contributed by atoms with E-state index in [0.29, 0.717) is 16.3 Å². The van der Waals surface area contributed by atoms with Gasteiger partial charge < -0.3 is 11.1 Å². The lowest BCUT2D eigenvalue weighted by Crippen LogP contribution is -2.15. The zero-order valence-corrected chi connectivity index (χ0v) is 12.9. The van der Waals surface area contributed by atoms with Crippen molar-refractivity contribution in [3.8, 4) is 0 Å². The lowest BCUT2D eigenvalue weighted by molar-refractivity contribution is 0.100. The van der Waals surface area contributed by atoms with Crippen LogP contribution in [0.25, 0.3) is 0 Å². The van der Waals surface area contributed by atoms with E-state index in [-0.39, 0.29) is 5.02 Å². The molecule has 100 valence electrons. The number of unbranched alkanes of at least 4 members (excludes halogenated alkanes) is 2. The Morgan fingerprint density at radius 1 is 1.28 bits per heavy atom. The van der Waals surface area contributed by atoms with Crippen LogP contribution >= 0.6 is 39.1 Å². The first-order valence-corrected chi connectivity index (χ1v) is 7.52. The highest BCUT2D eigenvalue weighted by molar-refractivity contribution is 9.09. The number of nitrogens with one attached hydrogen (secondary N) is 1. The molecule has 0 bridgehead atoms. The summed E-state index contributed by atoms with van der Waals surface area (Å²) in [4.78, 5) is 11.3. The van der Waals surface area contributed by atoms with Crippen LogP contribution < -0.4 is 11.1 Å². The summed E-state index contributed by atoms with van der Waals surface area (Å²) in [5.74, 6) is -0.556. The number of hydrogen-bond donors (Lipinski definition) is 2. The number of benzene rings is 1. The predicted molar refractivity (Wildman–Crippen MR) is 81.1 cm³/mol. The van der Waals surface area contributed by atoms with Crippen molar-refractivity contribution >= 4 is 50.7 Å². The van der Waals surface area contributed by atoms with Crippen molar-refractivity contribution in [2.75, 3.05) is 17.2 Å². The van der Waals surface area contributed by atoms with Gasteiger partial charge in [-0.25, -0.2) is 0 Å². The average molecular weight is 354 g/mol. The first kappa shape index (κ1) is 15.6. The molecule has 1 rings (SSSR count). The second-order valence-corrected chi connectivity index (χ2v) is 5.49. The van der Waals surface area contributed by atoms with Crippen molar-refractivity contribution in [1.82, 2.24) is 0 Å². The van der Waals surface area contributed by atoms with Gasteiger partial charge in [-0.15, -0.1) is 0 Å². The number of carbonyl (C=O) groups excluding carboxylic acids is 1. The van der Waals surface area contributed by atoms with Crippen molar-refractivity contribution in [2.45, 2.75) is 19.3 Å². The van der Waals surface area contributed by atoms with Crippen LogP contribution in [-0.4, -0.2) is 17.8 Å². The van der Waals surface area contributed by atoms with Crippen LogP contribution in [0, 0.1) is 0 Å². The molecule has 0 atom stereocenters. The Labute approximate surface area is 125 Å². The Balaban J connectivity index is 2.71. The monoisotopic (exact) mass is 352 g/mol. The Bertz CT molecular complexity index is 427. The number of primary amides is 1. The molecular formula is C12H15BrCl2N2O. The fourth-order valence-electron chi connectivity index (χ4n) is 1.58. The molecule has 0 aromatic heterocycles. The topological polar surface area (TPSA) is 55.1 Å². The second-order valence-electron chi connectivity index (χ2n) is 3.85. The third-order valence-electron chi connectivity index (χ3n) is 2.43. The molecule has 1 amide bonds. The van der Waals surface area contributed by atoms with Gasteiger partial charge in [0.2, 0.25) is 0 Å². The smallest absolute Gasteiger partial charge is 0.252 e. The summed E-state index contributed by atoms with van der Waals surface area (Å²) in [6.45, 7) is 0.754. The maximum Gasteiger partial charge on any atom is 0.252 e. The Hall–Kier alpha value is -0.450. The molecule has 0 unspecified atom stereocenters. The summed E-state index contributed by atoms with van der Waals surface area (Å²) in [7, 11) is 0. The van der Waals surface area contributed by atoms with E-state index < -0.39 is 5.91 Å². The SMILES string of the molecule is NC(=O)c1c(Cl)cc(Cl)cc1NCCCCCBr.